The molecule has 0 saturated carbocycles. The molecule has 0 fully saturated rings. The summed E-state index contributed by atoms with van der Waals surface area (Å²) in [6.45, 7) is 1.65. The Labute approximate surface area is 128 Å². The minimum absolute atomic E-state index is 0.457. The van der Waals surface area contributed by atoms with Crippen molar-refractivity contribution in [2.24, 2.45) is 0 Å². The van der Waals surface area contributed by atoms with Gasteiger partial charge in [0.25, 0.3) is 0 Å². The molecule has 1 aromatic carbocycles. The Kier molecular flexibility index (Phi) is 3.84. The summed E-state index contributed by atoms with van der Waals surface area (Å²) in [5.74, 6) is 2.36. The smallest absolute Gasteiger partial charge is 0.161 e. The van der Waals surface area contributed by atoms with E-state index in [0.717, 1.165) is 36.8 Å². The second kappa shape index (κ2) is 5.77. The number of rotatable bonds is 3. The van der Waals surface area contributed by atoms with Crippen LogP contribution in [0.1, 0.15) is 11.1 Å². The van der Waals surface area contributed by atoms with E-state index in [4.69, 9.17) is 21.1 Å². The zero-order valence-corrected chi connectivity index (χ0v) is 12.7. The van der Waals surface area contributed by atoms with Gasteiger partial charge in [-0.05, 0) is 29.7 Å². The van der Waals surface area contributed by atoms with E-state index in [0.29, 0.717) is 5.15 Å². The Morgan fingerprint density at radius 2 is 1.76 bits per heavy atom. The van der Waals surface area contributed by atoms with Crippen LogP contribution in [-0.2, 0) is 13.0 Å². The first-order chi connectivity index (χ1) is 10.2. The van der Waals surface area contributed by atoms with Crippen LogP contribution in [0, 0.1) is 0 Å². The molecule has 0 unspecified atom stereocenters. The summed E-state index contributed by atoms with van der Waals surface area (Å²) < 4.78 is 10.7. The zero-order valence-electron chi connectivity index (χ0n) is 12.0. The summed E-state index contributed by atoms with van der Waals surface area (Å²) in [5.41, 5.74) is 2.50. The minimum Gasteiger partial charge on any atom is -0.493 e. The van der Waals surface area contributed by atoms with Crippen LogP contribution < -0.4 is 14.4 Å². The molecule has 1 aromatic heterocycles. The summed E-state index contributed by atoms with van der Waals surface area (Å²) >= 11 is 5.94. The molecular weight excluding hydrogens is 290 g/mol. The van der Waals surface area contributed by atoms with Crippen LogP contribution in [0.5, 0.6) is 11.5 Å². The van der Waals surface area contributed by atoms with Crippen molar-refractivity contribution < 1.29 is 9.47 Å². The number of fused-ring (bicyclic) bond motifs is 1. The number of methoxy groups -OCH3 is 2. The molecule has 1 aliphatic heterocycles. The fourth-order valence-corrected chi connectivity index (χ4v) is 2.72. The lowest BCUT2D eigenvalue weighted by Crippen LogP contribution is -2.31. The Hall–Kier alpha value is -2.01. The summed E-state index contributed by atoms with van der Waals surface area (Å²) in [6.07, 6.45) is 2.42. The average molecular weight is 306 g/mol. The van der Waals surface area contributed by atoms with Crippen LogP contribution in [0.4, 0.5) is 5.82 Å². The van der Waals surface area contributed by atoms with Crippen LogP contribution in [0.25, 0.3) is 0 Å². The van der Waals surface area contributed by atoms with E-state index in [2.05, 4.69) is 20.9 Å². The third kappa shape index (κ3) is 2.74. The molecule has 0 N–H and O–H groups in total. The molecule has 6 heteroatoms. The first-order valence-corrected chi connectivity index (χ1v) is 7.05. The predicted octanol–water partition coefficient (Wildman–Crippen LogP) is 2.71. The topological polar surface area (TPSA) is 47.5 Å². The van der Waals surface area contributed by atoms with E-state index in [1.165, 1.54) is 17.5 Å². The molecule has 110 valence electrons. The SMILES string of the molecule is COc1cc2c(cc1OC)CN(c1cc(Cl)ncn1)CC2. The molecular formula is C15H16ClN3O2. The monoisotopic (exact) mass is 305 g/mol. The second-order valence-electron chi connectivity index (χ2n) is 4.85. The molecule has 21 heavy (non-hydrogen) atoms. The molecule has 0 aliphatic carbocycles. The van der Waals surface area contributed by atoms with Gasteiger partial charge >= 0.3 is 0 Å². The fraction of sp³-hybridized carbons (Fsp3) is 0.333. The van der Waals surface area contributed by atoms with E-state index in [-0.39, 0.29) is 0 Å². The zero-order chi connectivity index (χ0) is 14.8. The van der Waals surface area contributed by atoms with Gasteiger partial charge in [0, 0.05) is 19.2 Å². The molecule has 3 rings (SSSR count). The molecule has 1 aliphatic rings. The van der Waals surface area contributed by atoms with Crippen molar-refractivity contribution in [3.63, 3.8) is 0 Å². The van der Waals surface area contributed by atoms with Gasteiger partial charge in [-0.1, -0.05) is 11.6 Å². The Balaban J connectivity index is 1.91. The summed E-state index contributed by atoms with van der Waals surface area (Å²) in [6, 6.07) is 5.87. The van der Waals surface area contributed by atoms with Gasteiger partial charge < -0.3 is 14.4 Å². The quantitative estimate of drug-likeness (QED) is 0.816. The van der Waals surface area contributed by atoms with Crippen molar-refractivity contribution in [2.75, 3.05) is 25.7 Å². The maximum atomic E-state index is 5.94. The lowest BCUT2D eigenvalue weighted by Gasteiger charge is -2.30. The normalized spacial score (nSPS) is 13.8. The van der Waals surface area contributed by atoms with Crippen LogP contribution in [0.15, 0.2) is 24.5 Å². The van der Waals surface area contributed by atoms with Gasteiger partial charge in [-0.2, -0.15) is 0 Å². The second-order valence-corrected chi connectivity index (χ2v) is 5.23. The van der Waals surface area contributed by atoms with E-state index in [1.54, 1.807) is 20.3 Å². The van der Waals surface area contributed by atoms with Crippen LogP contribution >= 0.6 is 11.6 Å². The number of ether oxygens (including phenoxy) is 2. The molecule has 0 spiro atoms. The number of hydrogen-bond donors (Lipinski definition) is 0. The van der Waals surface area contributed by atoms with Crippen molar-refractivity contribution in [1.29, 1.82) is 0 Å². The van der Waals surface area contributed by atoms with Crippen molar-refractivity contribution >= 4 is 17.4 Å². The van der Waals surface area contributed by atoms with Crippen molar-refractivity contribution in [1.82, 2.24) is 9.97 Å². The first kappa shape index (κ1) is 13.9. The predicted molar refractivity (Wildman–Crippen MR) is 81.3 cm³/mol. The summed E-state index contributed by atoms with van der Waals surface area (Å²) in [4.78, 5) is 10.4. The Bertz CT molecular complexity index is 663. The van der Waals surface area contributed by atoms with Gasteiger partial charge in [-0.3, -0.25) is 0 Å². The third-order valence-electron chi connectivity index (χ3n) is 3.66. The highest BCUT2D eigenvalue weighted by atomic mass is 35.5. The van der Waals surface area contributed by atoms with Gasteiger partial charge in [-0.15, -0.1) is 0 Å². The molecule has 5 nitrogen and oxygen atoms in total. The van der Waals surface area contributed by atoms with E-state index in [1.807, 2.05) is 6.07 Å². The Morgan fingerprint density at radius 1 is 1.05 bits per heavy atom. The molecule has 2 heterocycles. The maximum Gasteiger partial charge on any atom is 0.161 e. The standard InChI is InChI=1S/C15H16ClN3O2/c1-20-12-5-10-3-4-19(8-11(10)6-13(12)21-2)15-7-14(16)17-9-18-15/h5-7,9H,3-4,8H2,1-2H3. The molecule has 0 bridgehead atoms. The van der Waals surface area contributed by atoms with E-state index < -0.39 is 0 Å². The van der Waals surface area contributed by atoms with Crippen molar-refractivity contribution in [2.45, 2.75) is 13.0 Å². The summed E-state index contributed by atoms with van der Waals surface area (Å²) in [7, 11) is 3.30. The number of benzene rings is 1. The molecule has 0 atom stereocenters. The number of halogens is 1. The first-order valence-electron chi connectivity index (χ1n) is 6.67. The lowest BCUT2D eigenvalue weighted by molar-refractivity contribution is 0.353. The largest absolute Gasteiger partial charge is 0.493 e. The highest BCUT2D eigenvalue weighted by Crippen LogP contribution is 2.34. The lowest BCUT2D eigenvalue weighted by atomic mass is 9.99. The van der Waals surface area contributed by atoms with Gasteiger partial charge in [0.05, 0.1) is 14.2 Å². The Morgan fingerprint density at radius 3 is 2.43 bits per heavy atom. The highest BCUT2D eigenvalue weighted by molar-refractivity contribution is 6.29. The van der Waals surface area contributed by atoms with E-state index in [9.17, 15) is 0 Å². The van der Waals surface area contributed by atoms with Crippen LogP contribution in [-0.4, -0.2) is 30.7 Å². The summed E-state index contributed by atoms with van der Waals surface area (Å²) in [5, 5.41) is 0.457. The molecule has 0 saturated heterocycles. The number of aromatic nitrogens is 2. The number of anilines is 1. The number of hydrogen-bond acceptors (Lipinski definition) is 5. The fourth-order valence-electron chi connectivity index (χ4n) is 2.58. The van der Waals surface area contributed by atoms with Gasteiger partial charge in [0.2, 0.25) is 0 Å². The van der Waals surface area contributed by atoms with Crippen LogP contribution in [0.2, 0.25) is 5.15 Å². The molecule has 0 amide bonds. The maximum absolute atomic E-state index is 5.94. The van der Waals surface area contributed by atoms with Crippen LogP contribution in [0.3, 0.4) is 0 Å². The third-order valence-corrected chi connectivity index (χ3v) is 3.87. The van der Waals surface area contributed by atoms with Crippen molar-refractivity contribution in [3.05, 3.63) is 40.8 Å². The van der Waals surface area contributed by atoms with Gasteiger partial charge in [0.15, 0.2) is 11.5 Å². The van der Waals surface area contributed by atoms with Gasteiger partial charge in [-0.25, -0.2) is 9.97 Å². The molecule has 0 radical (unpaired) electrons. The highest BCUT2D eigenvalue weighted by Gasteiger charge is 2.20. The van der Waals surface area contributed by atoms with Crippen molar-refractivity contribution in [3.8, 4) is 11.5 Å². The van der Waals surface area contributed by atoms with E-state index >= 15 is 0 Å². The van der Waals surface area contributed by atoms with Gasteiger partial charge in [0.1, 0.15) is 17.3 Å². The molecule has 2 aromatic rings. The number of nitrogens with zero attached hydrogens (tertiary/aromatic N) is 3. The minimum atomic E-state index is 0.457. The average Bonchev–Trinajstić information content (AvgIpc) is 2.53.